The number of fused-ring (bicyclic) bond motifs is 2. The molecule has 1 aliphatic carbocycles. The van der Waals surface area contributed by atoms with Gasteiger partial charge in [-0.25, -0.2) is 4.39 Å². The van der Waals surface area contributed by atoms with Gasteiger partial charge in [-0.2, -0.15) is 0 Å². The third-order valence-electron chi connectivity index (χ3n) is 6.02. The molecule has 1 fully saturated rings. The standard InChI is InChI=1S/C21H31FN2O/c1-15(2)14-24-9-7-21(8-10-24)13-16(11-20(25)23(3)4)18-6-5-17(22)12-19(18)21/h5-6,12,15-16H,7-11,13-14H2,1-4H3/t16-/m1/s1. The largest absolute Gasteiger partial charge is 0.349 e. The fourth-order valence-corrected chi connectivity index (χ4v) is 4.76. The zero-order valence-corrected chi connectivity index (χ0v) is 16.0. The van der Waals surface area contributed by atoms with E-state index < -0.39 is 0 Å². The quantitative estimate of drug-likeness (QED) is 0.828. The van der Waals surface area contributed by atoms with Crippen LogP contribution in [-0.4, -0.2) is 49.4 Å². The maximum Gasteiger partial charge on any atom is 0.222 e. The van der Waals surface area contributed by atoms with Gasteiger partial charge in [0.2, 0.25) is 5.91 Å². The summed E-state index contributed by atoms with van der Waals surface area (Å²) >= 11 is 0. The molecule has 1 aromatic rings. The van der Waals surface area contributed by atoms with Crippen LogP contribution in [0.25, 0.3) is 0 Å². The number of carbonyl (C=O) groups excluding carboxylic acids is 1. The molecule has 4 heteroatoms. The van der Waals surface area contributed by atoms with Gasteiger partial charge in [-0.1, -0.05) is 19.9 Å². The van der Waals surface area contributed by atoms with Crippen LogP contribution in [0, 0.1) is 11.7 Å². The molecule has 1 aromatic carbocycles. The lowest BCUT2D eigenvalue weighted by atomic mass is 9.73. The highest BCUT2D eigenvalue weighted by molar-refractivity contribution is 5.77. The molecular weight excluding hydrogens is 315 g/mol. The van der Waals surface area contributed by atoms with Crippen molar-refractivity contribution in [1.29, 1.82) is 0 Å². The van der Waals surface area contributed by atoms with E-state index in [2.05, 4.69) is 18.7 Å². The van der Waals surface area contributed by atoms with E-state index in [-0.39, 0.29) is 23.1 Å². The first-order valence-corrected chi connectivity index (χ1v) is 9.53. The number of amides is 1. The van der Waals surface area contributed by atoms with Crippen LogP contribution < -0.4 is 0 Å². The van der Waals surface area contributed by atoms with Gasteiger partial charge in [0.1, 0.15) is 5.82 Å². The van der Waals surface area contributed by atoms with E-state index in [1.165, 1.54) is 11.1 Å². The first-order chi connectivity index (χ1) is 11.8. The number of halogens is 1. The minimum absolute atomic E-state index is 0.0577. The summed E-state index contributed by atoms with van der Waals surface area (Å²) in [5, 5.41) is 0. The summed E-state index contributed by atoms with van der Waals surface area (Å²) in [6.45, 7) is 7.79. The van der Waals surface area contributed by atoms with Gasteiger partial charge in [0, 0.05) is 27.1 Å². The van der Waals surface area contributed by atoms with Crippen molar-refractivity contribution in [2.45, 2.75) is 50.9 Å². The average molecular weight is 346 g/mol. The van der Waals surface area contributed by atoms with Gasteiger partial charge in [0.05, 0.1) is 0 Å². The second kappa shape index (κ2) is 7.06. The number of likely N-dealkylation sites (tertiary alicyclic amines) is 1. The van der Waals surface area contributed by atoms with E-state index in [0.717, 1.165) is 38.9 Å². The molecule has 1 atom stereocenters. The van der Waals surface area contributed by atoms with E-state index in [0.29, 0.717) is 12.3 Å². The molecule has 1 heterocycles. The lowest BCUT2D eigenvalue weighted by Gasteiger charge is -2.41. The zero-order valence-electron chi connectivity index (χ0n) is 16.0. The van der Waals surface area contributed by atoms with Crippen molar-refractivity contribution in [3.05, 3.63) is 35.1 Å². The Bertz CT molecular complexity index is 633. The monoisotopic (exact) mass is 346 g/mol. The predicted molar refractivity (Wildman–Crippen MR) is 99.3 cm³/mol. The molecular formula is C21H31FN2O. The van der Waals surface area contributed by atoms with E-state index in [1.54, 1.807) is 17.0 Å². The fraction of sp³-hybridized carbons (Fsp3) is 0.667. The highest BCUT2D eigenvalue weighted by Crippen LogP contribution is 2.53. The summed E-state index contributed by atoms with van der Waals surface area (Å²) in [5.41, 5.74) is 2.43. The second-order valence-corrected chi connectivity index (χ2v) is 8.60. The Kier molecular flexibility index (Phi) is 5.19. The van der Waals surface area contributed by atoms with E-state index in [4.69, 9.17) is 0 Å². The van der Waals surface area contributed by atoms with Crippen LogP contribution in [0.4, 0.5) is 4.39 Å². The highest BCUT2D eigenvalue weighted by Gasteiger charge is 2.46. The normalized spacial score (nSPS) is 22.4. The lowest BCUT2D eigenvalue weighted by Crippen LogP contribution is -2.43. The molecule has 0 radical (unpaired) electrons. The summed E-state index contributed by atoms with van der Waals surface area (Å²) in [6.07, 6.45) is 3.66. The number of benzene rings is 1. The van der Waals surface area contributed by atoms with E-state index >= 15 is 0 Å². The van der Waals surface area contributed by atoms with Crippen molar-refractivity contribution in [2.24, 2.45) is 5.92 Å². The van der Waals surface area contributed by atoms with Crippen molar-refractivity contribution in [1.82, 2.24) is 9.80 Å². The molecule has 0 bridgehead atoms. The Morgan fingerprint density at radius 3 is 2.60 bits per heavy atom. The summed E-state index contributed by atoms with van der Waals surface area (Å²) in [7, 11) is 3.62. The average Bonchev–Trinajstić information content (AvgIpc) is 2.82. The first-order valence-electron chi connectivity index (χ1n) is 9.53. The van der Waals surface area contributed by atoms with Gasteiger partial charge >= 0.3 is 0 Å². The third-order valence-corrected chi connectivity index (χ3v) is 6.02. The minimum atomic E-state index is -0.151. The molecule has 0 unspecified atom stereocenters. The number of carbonyl (C=O) groups is 1. The fourth-order valence-electron chi connectivity index (χ4n) is 4.76. The van der Waals surface area contributed by atoms with Crippen LogP contribution in [-0.2, 0) is 10.2 Å². The molecule has 2 aliphatic rings. The van der Waals surface area contributed by atoms with Crippen molar-refractivity contribution < 1.29 is 9.18 Å². The predicted octanol–water partition coefficient (Wildman–Crippen LogP) is 3.78. The maximum atomic E-state index is 14.0. The molecule has 3 rings (SSSR count). The zero-order chi connectivity index (χ0) is 18.2. The van der Waals surface area contributed by atoms with Gasteiger partial charge in [-0.15, -0.1) is 0 Å². The van der Waals surface area contributed by atoms with Gasteiger partial charge in [0.25, 0.3) is 0 Å². The van der Waals surface area contributed by atoms with Crippen molar-refractivity contribution >= 4 is 5.91 Å². The van der Waals surface area contributed by atoms with Crippen molar-refractivity contribution in [2.75, 3.05) is 33.7 Å². The summed E-state index contributed by atoms with van der Waals surface area (Å²) in [5.74, 6) is 0.909. The van der Waals surface area contributed by atoms with Gasteiger partial charge in [-0.3, -0.25) is 4.79 Å². The molecule has 3 nitrogen and oxygen atoms in total. The van der Waals surface area contributed by atoms with Crippen molar-refractivity contribution in [3.8, 4) is 0 Å². The summed E-state index contributed by atoms with van der Waals surface area (Å²) in [4.78, 5) is 16.5. The maximum absolute atomic E-state index is 14.0. The Morgan fingerprint density at radius 1 is 1.32 bits per heavy atom. The first kappa shape index (κ1) is 18.4. The molecule has 1 amide bonds. The number of rotatable bonds is 4. The second-order valence-electron chi connectivity index (χ2n) is 8.60. The molecule has 0 N–H and O–H groups in total. The van der Waals surface area contributed by atoms with Crippen LogP contribution in [0.2, 0.25) is 0 Å². The smallest absolute Gasteiger partial charge is 0.222 e. The summed E-state index contributed by atoms with van der Waals surface area (Å²) < 4.78 is 14.0. The Hall–Kier alpha value is -1.42. The molecule has 1 saturated heterocycles. The van der Waals surface area contributed by atoms with Crippen LogP contribution >= 0.6 is 0 Å². The number of nitrogens with zero attached hydrogens (tertiary/aromatic N) is 2. The Morgan fingerprint density at radius 2 is 2.00 bits per heavy atom. The van der Waals surface area contributed by atoms with Gasteiger partial charge in [0.15, 0.2) is 0 Å². The molecule has 0 aromatic heterocycles. The van der Waals surface area contributed by atoms with Gasteiger partial charge in [-0.05, 0) is 72.9 Å². The van der Waals surface area contributed by atoms with Crippen LogP contribution in [0.3, 0.4) is 0 Å². The SMILES string of the molecule is CC(C)CN1CCC2(CC1)C[C@@H](CC(=O)N(C)C)c1ccc(F)cc12. The minimum Gasteiger partial charge on any atom is -0.349 e. The third kappa shape index (κ3) is 3.74. The molecule has 0 saturated carbocycles. The summed E-state index contributed by atoms with van der Waals surface area (Å²) in [6, 6.07) is 5.22. The topological polar surface area (TPSA) is 23.6 Å². The van der Waals surface area contributed by atoms with E-state index in [1.807, 2.05) is 20.2 Å². The Balaban J connectivity index is 1.82. The number of piperidine rings is 1. The van der Waals surface area contributed by atoms with Crippen LogP contribution in [0.1, 0.15) is 56.6 Å². The van der Waals surface area contributed by atoms with Crippen LogP contribution in [0.5, 0.6) is 0 Å². The lowest BCUT2D eigenvalue weighted by molar-refractivity contribution is -0.129. The highest BCUT2D eigenvalue weighted by atomic mass is 19.1. The molecule has 25 heavy (non-hydrogen) atoms. The molecule has 138 valence electrons. The van der Waals surface area contributed by atoms with Gasteiger partial charge < -0.3 is 9.80 Å². The molecule has 1 aliphatic heterocycles. The number of hydrogen-bond donors (Lipinski definition) is 0. The Labute approximate surface area is 151 Å². The van der Waals surface area contributed by atoms with Crippen LogP contribution in [0.15, 0.2) is 18.2 Å². The molecule has 1 spiro atoms. The van der Waals surface area contributed by atoms with E-state index in [9.17, 15) is 9.18 Å². The van der Waals surface area contributed by atoms with Crippen molar-refractivity contribution in [3.63, 3.8) is 0 Å². The number of hydrogen-bond acceptors (Lipinski definition) is 2.